The zero-order valence-electron chi connectivity index (χ0n) is 13.4. The van der Waals surface area contributed by atoms with Crippen molar-refractivity contribution in [1.29, 1.82) is 0 Å². The van der Waals surface area contributed by atoms with Crippen molar-refractivity contribution in [2.45, 2.75) is 13.5 Å². The number of non-ortho nitro benzene ring substituents is 1. The predicted molar refractivity (Wildman–Crippen MR) is 95.8 cm³/mol. The van der Waals surface area contributed by atoms with E-state index in [1.54, 1.807) is 0 Å². The van der Waals surface area contributed by atoms with Gasteiger partial charge in [-0.2, -0.15) is 0 Å². The molecule has 0 fully saturated rings. The van der Waals surface area contributed by atoms with Gasteiger partial charge in [0.1, 0.15) is 0 Å². The van der Waals surface area contributed by atoms with Gasteiger partial charge in [0.15, 0.2) is 4.96 Å². The van der Waals surface area contributed by atoms with Crippen molar-refractivity contribution < 1.29 is 4.92 Å². The number of hydrogen-bond donors (Lipinski definition) is 0. The predicted octanol–water partition coefficient (Wildman–Crippen LogP) is 1.73. The summed E-state index contributed by atoms with van der Waals surface area (Å²) < 4.78 is 2.83. The van der Waals surface area contributed by atoms with E-state index in [0.717, 1.165) is 5.69 Å². The highest BCUT2D eigenvalue weighted by atomic mass is 32.1. The second kappa shape index (κ2) is 5.85. The molecule has 0 N–H and O–H groups in total. The Morgan fingerprint density at radius 3 is 2.85 bits per heavy atom. The van der Waals surface area contributed by atoms with Crippen LogP contribution in [0.3, 0.4) is 0 Å². The molecule has 0 unspecified atom stereocenters. The lowest BCUT2D eigenvalue weighted by Gasteiger charge is -2.06. The van der Waals surface area contributed by atoms with Crippen LogP contribution in [0.4, 0.5) is 5.69 Å². The van der Waals surface area contributed by atoms with Crippen LogP contribution >= 0.6 is 11.3 Å². The highest BCUT2D eigenvalue weighted by Crippen LogP contribution is 2.16. The molecule has 0 amide bonds. The van der Waals surface area contributed by atoms with Crippen LogP contribution < -0.4 is 11.1 Å². The SMILES string of the molecule is Cc1csc2nc(Cn3cnc4cc([N+](=O)[O-])ccc4c3=O)cc(=O)n12. The molecule has 3 aromatic heterocycles. The minimum Gasteiger partial charge on any atom is -0.293 e. The molecule has 10 heteroatoms. The van der Waals surface area contributed by atoms with Crippen molar-refractivity contribution in [3.05, 3.63) is 78.2 Å². The molecule has 0 aliphatic rings. The number of aryl methyl sites for hydroxylation is 1. The lowest BCUT2D eigenvalue weighted by atomic mass is 10.2. The number of fused-ring (bicyclic) bond motifs is 2. The van der Waals surface area contributed by atoms with E-state index in [2.05, 4.69) is 9.97 Å². The Balaban J connectivity index is 1.79. The Labute approximate surface area is 149 Å². The summed E-state index contributed by atoms with van der Waals surface area (Å²) in [4.78, 5) is 44.2. The van der Waals surface area contributed by atoms with Crippen LogP contribution in [-0.2, 0) is 6.54 Å². The number of rotatable bonds is 3. The van der Waals surface area contributed by atoms with Gasteiger partial charge in [-0.1, -0.05) is 0 Å². The molecule has 0 aliphatic heterocycles. The largest absolute Gasteiger partial charge is 0.293 e. The van der Waals surface area contributed by atoms with Crippen LogP contribution in [-0.4, -0.2) is 23.9 Å². The molecule has 1 aromatic carbocycles. The highest BCUT2D eigenvalue weighted by Gasteiger charge is 2.12. The number of thiazole rings is 1. The standard InChI is InChI=1S/C16H11N5O4S/c1-9-7-26-16-18-10(4-14(22)20(9)16)6-19-8-17-13-5-11(21(24)25)2-3-12(13)15(19)23/h2-5,7-8H,6H2,1H3. The van der Waals surface area contributed by atoms with Gasteiger partial charge in [0, 0.05) is 29.3 Å². The normalized spacial score (nSPS) is 11.3. The first-order valence-electron chi connectivity index (χ1n) is 7.54. The second-order valence-corrected chi connectivity index (χ2v) is 6.55. The fourth-order valence-corrected chi connectivity index (χ4v) is 3.62. The number of nitro benzene ring substituents is 1. The molecule has 26 heavy (non-hydrogen) atoms. The highest BCUT2D eigenvalue weighted by molar-refractivity contribution is 7.15. The number of nitrogens with zero attached hydrogens (tertiary/aromatic N) is 5. The monoisotopic (exact) mass is 369 g/mol. The van der Waals surface area contributed by atoms with Gasteiger partial charge in [-0.3, -0.25) is 28.7 Å². The van der Waals surface area contributed by atoms with Gasteiger partial charge < -0.3 is 0 Å². The molecule has 130 valence electrons. The fourth-order valence-electron chi connectivity index (χ4n) is 2.73. The Kier molecular flexibility index (Phi) is 3.62. The third-order valence-corrected chi connectivity index (χ3v) is 4.92. The second-order valence-electron chi connectivity index (χ2n) is 5.72. The van der Waals surface area contributed by atoms with Crippen molar-refractivity contribution in [3.8, 4) is 0 Å². The minimum atomic E-state index is -0.539. The maximum Gasteiger partial charge on any atom is 0.271 e. The van der Waals surface area contributed by atoms with Crippen molar-refractivity contribution >= 4 is 32.9 Å². The maximum absolute atomic E-state index is 12.6. The van der Waals surface area contributed by atoms with Gasteiger partial charge in [0.2, 0.25) is 0 Å². The molecule has 4 rings (SSSR count). The number of nitro groups is 1. The van der Waals surface area contributed by atoms with Crippen LogP contribution in [0.1, 0.15) is 11.4 Å². The molecule has 0 atom stereocenters. The first-order chi connectivity index (χ1) is 12.4. The number of aromatic nitrogens is 4. The molecule has 9 nitrogen and oxygen atoms in total. The summed E-state index contributed by atoms with van der Waals surface area (Å²) in [5, 5.41) is 12.9. The Morgan fingerprint density at radius 1 is 1.27 bits per heavy atom. The van der Waals surface area contributed by atoms with Crippen LogP contribution in [0.2, 0.25) is 0 Å². The van der Waals surface area contributed by atoms with E-state index in [-0.39, 0.29) is 34.3 Å². The first kappa shape index (κ1) is 16.1. The molecular weight excluding hydrogens is 358 g/mol. The summed E-state index contributed by atoms with van der Waals surface area (Å²) in [6, 6.07) is 5.29. The summed E-state index contributed by atoms with van der Waals surface area (Å²) >= 11 is 1.35. The molecule has 0 bridgehead atoms. The van der Waals surface area contributed by atoms with Gasteiger partial charge >= 0.3 is 0 Å². The van der Waals surface area contributed by atoms with E-state index in [4.69, 9.17) is 0 Å². The maximum atomic E-state index is 12.6. The van der Waals surface area contributed by atoms with E-state index in [1.807, 2.05) is 12.3 Å². The number of hydrogen-bond acceptors (Lipinski definition) is 7. The van der Waals surface area contributed by atoms with E-state index >= 15 is 0 Å². The van der Waals surface area contributed by atoms with E-state index < -0.39 is 4.92 Å². The lowest BCUT2D eigenvalue weighted by molar-refractivity contribution is -0.384. The minimum absolute atomic E-state index is 0.0848. The molecule has 0 spiro atoms. The van der Waals surface area contributed by atoms with Gasteiger partial charge in [-0.05, 0) is 13.0 Å². The van der Waals surface area contributed by atoms with Crippen molar-refractivity contribution in [3.63, 3.8) is 0 Å². The quantitative estimate of drug-likeness (QED) is 0.401. The van der Waals surface area contributed by atoms with E-state index in [1.165, 1.54) is 50.9 Å². The molecule has 4 aromatic rings. The van der Waals surface area contributed by atoms with E-state index in [9.17, 15) is 19.7 Å². The summed E-state index contributed by atoms with van der Waals surface area (Å²) in [6.07, 6.45) is 1.30. The summed E-state index contributed by atoms with van der Waals surface area (Å²) in [6.45, 7) is 1.91. The van der Waals surface area contributed by atoms with Crippen molar-refractivity contribution in [2.24, 2.45) is 0 Å². The van der Waals surface area contributed by atoms with Crippen molar-refractivity contribution in [2.75, 3.05) is 0 Å². The van der Waals surface area contributed by atoms with Crippen LogP contribution in [0.5, 0.6) is 0 Å². The third-order valence-electron chi connectivity index (χ3n) is 3.98. The van der Waals surface area contributed by atoms with Crippen LogP contribution in [0, 0.1) is 17.0 Å². The topological polar surface area (TPSA) is 112 Å². The summed E-state index contributed by atoms with van der Waals surface area (Å²) in [7, 11) is 0. The van der Waals surface area contributed by atoms with Gasteiger partial charge in [0.05, 0.1) is 34.4 Å². The average Bonchev–Trinajstić information content (AvgIpc) is 2.98. The zero-order valence-corrected chi connectivity index (χ0v) is 14.3. The average molecular weight is 369 g/mol. The Hall–Kier alpha value is -3.40. The van der Waals surface area contributed by atoms with Crippen LogP contribution in [0.15, 0.2) is 45.6 Å². The van der Waals surface area contributed by atoms with Crippen molar-refractivity contribution in [1.82, 2.24) is 18.9 Å². The fraction of sp³-hybridized carbons (Fsp3) is 0.125. The molecule has 3 heterocycles. The Morgan fingerprint density at radius 2 is 2.08 bits per heavy atom. The molecule has 0 radical (unpaired) electrons. The molecule has 0 saturated heterocycles. The summed E-state index contributed by atoms with van der Waals surface area (Å²) in [5.74, 6) is 0. The molecule has 0 saturated carbocycles. The van der Waals surface area contributed by atoms with Gasteiger partial charge in [0.25, 0.3) is 16.8 Å². The summed E-state index contributed by atoms with van der Waals surface area (Å²) in [5.41, 5.74) is 0.811. The lowest BCUT2D eigenvalue weighted by Crippen LogP contribution is -2.23. The number of benzene rings is 1. The molecule has 0 aliphatic carbocycles. The van der Waals surface area contributed by atoms with E-state index in [0.29, 0.717) is 10.7 Å². The smallest absolute Gasteiger partial charge is 0.271 e. The van der Waals surface area contributed by atoms with Gasteiger partial charge in [-0.15, -0.1) is 11.3 Å². The van der Waals surface area contributed by atoms with Crippen LogP contribution in [0.25, 0.3) is 15.9 Å². The molecular formula is C16H11N5O4S. The van der Waals surface area contributed by atoms with Gasteiger partial charge in [-0.25, -0.2) is 9.97 Å². The third kappa shape index (κ3) is 2.56. The zero-order chi connectivity index (χ0) is 18.4. The first-order valence-corrected chi connectivity index (χ1v) is 8.42. The Bertz CT molecular complexity index is 1300.